The van der Waals surface area contributed by atoms with Crippen molar-refractivity contribution in [1.82, 2.24) is 9.78 Å². The maximum Gasteiger partial charge on any atom is 0.267 e. The Morgan fingerprint density at radius 3 is 3.05 bits per heavy atom. The van der Waals surface area contributed by atoms with Crippen LogP contribution >= 0.6 is 22.7 Å². The smallest absolute Gasteiger partial charge is 0.267 e. The third-order valence-corrected chi connectivity index (χ3v) is 4.54. The molecular weight excluding hydrogens is 306 g/mol. The van der Waals surface area contributed by atoms with Gasteiger partial charge in [0.15, 0.2) is 0 Å². The summed E-state index contributed by atoms with van der Waals surface area (Å²) in [6.07, 6.45) is 1.68. The third-order valence-electron chi connectivity index (χ3n) is 2.91. The average Bonchev–Trinajstić information content (AvgIpc) is 3.21. The van der Waals surface area contributed by atoms with E-state index in [9.17, 15) is 4.79 Å². The maximum absolute atomic E-state index is 12.2. The number of aromatic nitrogens is 2. The van der Waals surface area contributed by atoms with Crippen molar-refractivity contribution in [3.05, 3.63) is 51.0 Å². The zero-order valence-electron chi connectivity index (χ0n) is 11.3. The Bertz CT molecular complexity index is 731. The summed E-state index contributed by atoms with van der Waals surface area (Å²) in [6.45, 7) is 0.639. The Morgan fingerprint density at radius 2 is 2.33 bits per heavy atom. The molecule has 0 aliphatic carbocycles. The lowest BCUT2D eigenvalue weighted by molar-refractivity contribution is 0.102. The first-order valence-corrected chi connectivity index (χ1v) is 8.05. The van der Waals surface area contributed by atoms with Gasteiger partial charge in [0.1, 0.15) is 11.6 Å². The first-order chi connectivity index (χ1) is 10.3. The second-order valence-electron chi connectivity index (χ2n) is 4.31. The molecule has 5 nitrogen and oxygen atoms in total. The predicted octanol–water partition coefficient (Wildman–Crippen LogP) is 3.32. The first-order valence-electron chi connectivity index (χ1n) is 6.23. The molecular formula is C14H13N3O2S2. The molecule has 0 unspecified atom stereocenters. The number of carbonyl (C=O) groups excluding carboxylic acids is 1. The van der Waals surface area contributed by atoms with Crippen LogP contribution in [0.5, 0.6) is 5.75 Å². The van der Waals surface area contributed by atoms with Gasteiger partial charge in [-0.25, -0.2) is 4.68 Å². The highest BCUT2D eigenvalue weighted by Gasteiger charge is 2.12. The van der Waals surface area contributed by atoms with Crippen LogP contribution in [0.3, 0.4) is 0 Å². The highest BCUT2D eigenvalue weighted by Crippen LogP contribution is 2.22. The van der Waals surface area contributed by atoms with E-state index in [4.69, 9.17) is 4.74 Å². The van der Waals surface area contributed by atoms with E-state index < -0.39 is 0 Å². The molecule has 3 aromatic rings. The van der Waals surface area contributed by atoms with Crippen molar-refractivity contribution < 1.29 is 9.53 Å². The maximum atomic E-state index is 12.2. The van der Waals surface area contributed by atoms with Gasteiger partial charge in [-0.1, -0.05) is 0 Å². The molecule has 1 amide bonds. The van der Waals surface area contributed by atoms with Gasteiger partial charge in [0.05, 0.1) is 24.7 Å². The molecule has 0 saturated carbocycles. The summed E-state index contributed by atoms with van der Waals surface area (Å²) < 4.78 is 6.86. The van der Waals surface area contributed by atoms with Gasteiger partial charge < -0.3 is 10.1 Å². The standard InChI is InChI=1S/C14H13N3O2S2/c1-19-11-6-12(21-9-11)14(18)16-13-2-4-15-17(13)7-10-3-5-20-8-10/h2-6,8-9H,7H2,1H3,(H,16,18). The van der Waals surface area contributed by atoms with Crippen molar-refractivity contribution in [3.8, 4) is 5.75 Å². The molecule has 0 fully saturated rings. The molecule has 3 aromatic heterocycles. The minimum atomic E-state index is -0.157. The number of rotatable bonds is 5. The summed E-state index contributed by atoms with van der Waals surface area (Å²) in [5.74, 6) is 1.21. The molecule has 3 rings (SSSR count). The number of hydrogen-bond acceptors (Lipinski definition) is 5. The van der Waals surface area contributed by atoms with Gasteiger partial charge in [0.25, 0.3) is 5.91 Å². The highest BCUT2D eigenvalue weighted by molar-refractivity contribution is 7.12. The number of ether oxygens (including phenoxy) is 1. The van der Waals surface area contributed by atoms with E-state index in [0.717, 1.165) is 5.56 Å². The van der Waals surface area contributed by atoms with Gasteiger partial charge in [-0.3, -0.25) is 4.79 Å². The summed E-state index contributed by atoms with van der Waals surface area (Å²) in [5, 5.41) is 13.0. The van der Waals surface area contributed by atoms with E-state index in [0.29, 0.717) is 23.0 Å². The number of hydrogen-bond donors (Lipinski definition) is 1. The summed E-state index contributed by atoms with van der Waals surface area (Å²) >= 11 is 2.99. The second kappa shape index (κ2) is 6.11. The van der Waals surface area contributed by atoms with E-state index in [2.05, 4.69) is 15.8 Å². The van der Waals surface area contributed by atoms with Crippen molar-refractivity contribution in [1.29, 1.82) is 0 Å². The van der Waals surface area contributed by atoms with Crippen molar-refractivity contribution in [3.63, 3.8) is 0 Å². The van der Waals surface area contributed by atoms with Crippen LogP contribution < -0.4 is 10.1 Å². The molecule has 1 N–H and O–H groups in total. The van der Waals surface area contributed by atoms with Gasteiger partial charge >= 0.3 is 0 Å². The van der Waals surface area contributed by atoms with Gasteiger partial charge in [0.2, 0.25) is 0 Å². The molecule has 0 atom stereocenters. The number of nitrogens with zero attached hydrogens (tertiary/aromatic N) is 2. The van der Waals surface area contributed by atoms with Crippen LogP contribution in [0.2, 0.25) is 0 Å². The Kier molecular flexibility index (Phi) is 4.03. The number of methoxy groups -OCH3 is 1. The van der Waals surface area contributed by atoms with E-state index in [1.165, 1.54) is 11.3 Å². The molecule has 7 heteroatoms. The van der Waals surface area contributed by atoms with Crippen LogP contribution in [-0.4, -0.2) is 22.8 Å². The average molecular weight is 319 g/mol. The van der Waals surface area contributed by atoms with Crippen molar-refractivity contribution in [2.75, 3.05) is 12.4 Å². The SMILES string of the molecule is COc1csc(C(=O)Nc2ccnn2Cc2ccsc2)c1. The number of thiophene rings is 2. The second-order valence-corrected chi connectivity index (χ2v) is 6.00. The molecule has 0 radical (unpaired) electrons. The fourth-order valence-electron chi connectivity index (χ4n) is 1.84. The van der Waals surface area contributed by atoms with Gasteiger partial charge in [-0.15, -0.1) is 11.3 Å². The fourth-order valence-corrected chi connectivity index (χ4v) is 3.25. The topological polar surface area (TPSA) is 56.1 Å². The Balaban J connectivity index is 1.73. The number of nitrogens with one attached hydrogen (secondary N) is 1. The molecule has 108 valence electrons. The quantitative estimate of drug-likeness (QED) is 0.785. The van der Waals surface area contributed by atoms with Crippen LogP contribution in [0.15, 0.2) is 40.5 Å². The lowest BCUT2D eigenvalue weighted by Gasteiger charge is -2.07. The van der Waals surface area contributed by atoms with E-state index >= 15 is 0 Å². The molecule has 0 spiro atoms. The minimum absolute atomic E-state index is 0.157. The van der Waals surface area contributed by atoms with E-state index in [1.54, 1.807) is 46.8 Å². The Morgan fingerprint density at radius 1 is 1.43 bits per heavy atom. The van der Waals surface area contributed by atoms with Crippen LogP contribution in [0.4, 0.5) is 5.82 Å². The number of amides is 1. The molecule has 0 aromatic carbocycles. The number of anilines is 1. The summed E-state index contributed by atoms with van der Waals surface area (Å²) in [5.41, 5.74) is 1.16. The lowest BCUT2D eigenvalue weighted by Crippen LogP contribution is -2.15. The highest BCUT2D eigenvalue weighted by atomic mass is 32.1. The first kappa shape index (κ1) is 13.8. The molecule has 0 aliphatic rings. The van der Waals surface area contributed by atoms with Crippen molar-refractivity contribution in [2.24, 2.45) is 0 Å². The van der Waals surface area contributed by atoms with Gasteiger partial charge in [0, 0.05) is 17.5 Å². The minimum Gasteiger partial charge on any atom is -0.496 e. The normalized spacial score (nSPS) is 10.5. The largest absolute Gasteiger partial charge is 0.496 e. The predicted molar refractivity (Wildman–Crippen MR) is 84.5 cm³/mol. The summed E-state index contributed by atoms with van der Waals surface area (Å²) in [4.78, 5) is 12.8. The zero-order chi connectivity index (χ0) is 14.7. The van der Waals surface area contributed by atoms with Crippen molar-refractivity contribution in [2.45, 2.75) is 6.54 Å². The van der Waals surface area contributed by atoms with Gasteiger partial charge in [-0.2, -0.15) is 16.4 Å². The van der Waals surface area contributed by atoms with Crippen LogP contribution in [0.1, 0.15) is 15.2 Å². The molecule has 0 bridgehead atoms. The van der Waals surface area contributed by atoms with Crippen LogP contribution in [-0.2, 0) is 6.54 Å². The van der Waals surface area contributed by atoms with E-state index in [1.807, 2.05) is 11.4 Å². The fraction of sp³-hybridized carbons (Fsp3) is 0.143. The van der Waals surface area contributed by atoms with Crippen LogP contribution in [0, 0.1) is 0 Å². The van der Waals surface area contributed by atoms with E-state index in [-0.39, 0.29) is 5.91 Å². The lowest BCUT2D eigenvalue weighted by atomic mass is 10.3. The molecule has 0 aliphatic heterocycles. The third kappa shape index (κ3) is 3.14. The monoisotopic (exact) mass is 319 g/mol. The Labute approximate surface area is 129 Å². The zero-order valence-corrected chi connectivity index (χ0v) is 12.9. The number of carbonyl (C=O) groups is 1. The van der Waals surface area contributed by atoms with Crippen molar-refractivity contribution >= 4 is 34.4 Å². The Hall–Kier alpha value is -2.12. The molecule has 0 saturated heterocycles. The molecule has 3 heterocycles. The van der Waals surface area contributed by atoms with Gasteiger partial charge in [-0.05, 0) is 22.4 Å². The van der Waals surface area contributed by atoms with Crippen LogP contribution in [0.25, 0.3) is 0 Å². The summed E-state index contributed by atoms with van der Waals surface area (Å²) in [6, 6.07) is 5.55. The summed E-state index contributed by atoms with van der Waals surface area (Å²) in [7, 11) is 1.58. The molecule has 21 heavy (non-hydrogen) atoms.